The zero-order chi connectivity index (χ0) is 29.9. The van der Waals surface area contributed by atoms with Crippen molar-refractivity contribution in [2.45, 2.75) is 0 Å². The second-order valence-corrected chi connectivity index (χ2v) is 14.1. The van der Waals surface area contributed by atoms with Crippen LogP contribution in [0.4, 0.5) is 0 Å². The molecule has 0 aromatic heterocycles. The van der Waals surface area contributed by atoms with Gasteiger partial charge in [-0.1, -0.05) is 180 Å². The molecule has 2 heteroatoms. The highest BCUT2D eigenvalue weighted by Gasteiger charge is 2.47. The van der Waals surface area contributed by atoms with Crippen LogP contribution in [0.3, 0.4) is 0 Å². The third-order valence-corrected chi connectivity index (χ3v) is 12.3. The number of rotatable bonds is 7. The standard InChI is InChI=1S/C24H20P.C18H15B/c1-5-13-21(14-6-1)25(22-15-7-2-8-16-22,23-17-9-3-10-18-23)24-19-11-4-12-20-24;1-4-10-16(11-5-1)19(17-12-6-2-7-13-17)18-14-8-3-9-15-18/h1-20H;1-15H/q+1;. The second-order valence-electron chi connectivity index (χ2n) is 10.7. The molecule has 0 unspecified atom stereocenters. The lowest BCUT2D eigenvalue weighted by Gasteiger charge is -2.27. The highest BCUT2D eigenvalue weighted by molar-refractivity contribution is 8.01. The Bertz CT molecular complexity index is 1550. The van der Waals surface area contributed by atoms with Crippen molar-refractivity contribution < 1.29 is 0 Å². The van der Waals surface area contributed by atoms with Gasteiger partial charge in [-0.25, -0.2) is 0 Å². The van der Waals surface area contributed by atoms with Crippen LogP contribution in [-0.2, 0) is 0 Å². The summed E-state index contributed by atoms with van der Waals surface area (Å²) in [5.74, 6) is 0. The van der Waals surface area contributed by atoms with Crippen LogP contribution >= 0.6 is 7.26 Å². The first kappa shape index (κ1) is 29.1. The van der Waals surface area contributed by atoms with Gasteiger partial charge in [0.15, 0.2) is 0 Å². The van der Waals surface area contributed by atoms with Gasteiger partial charge in [0.1, 0.15) is 28.5 Å². The summed E-state index contributed by atoms with van der Waals surface area (Å²) in [5.41, 5.74) is 4.00. The molecule has 0 amide bonds. The van der Waals surface area contributed by atoms with E-state index in [1.807, 2.05) is 0 Å². The van der Waals surface area contributed by atoms with Crippen molar-refractivity contribution in [2.75, 3.05) is 0 Å². The fraction of sp³-hybridized carbons (Fsp3) is 0. The summed E-state index contributed by atoms with van der Waals surface area (Å²) in [6.07, 6.45) is 0. The molecule has 44 heavy (non-hydrogen) atoms. The molecule has 7 aromatic rings. The largest absolute Gasteiger partial charge is 0.241 e. The maximum Gasteiger partial charge on any atom is 0.241 e. The lowest BCUT2D eigenvalue weighted by molar-refractivity contribution is 1.71. The lowest BCUT2D eigenvalue weighted by atomic mass is 9.37. The van der Waals surface area contributed by atoms with Crippen molar-refractivity contribution in [3.05, 3.63) is 212 Å². The van der Waals surface area contributed by atoms with Gasteiger partial charge in [-0.2, -0.15) is 0 Å². The molecule has 0 fully saturated rings. The van der Waals surface area contributed by atoms with Crippen LogP contribution in [0.5, 0.6) is 0 Å². The maximum absolute atomic E-state index is 2.28. The quantitative estimate of drug-likeness (QED) is 0.149. The molecule has 0 atom stereocenters. The van der Waals surface area contributed by atoms with Gasteiger partial charge < -0.3 is 0 Å². The Kier molecular flexibility index (Phi) is 9.58. The summed E-state index contributed by atoms with van der Waals surface area (Å²) in [4.78, 5) is 0. The van der Waals surface area contributed by atoms with E-state index in [1.54, 1.807) is 0 Å². The van der Waals surface area contributed by atoms with Crippen molar-refractivity contribution in [2.24, 2.45) is 0 Å². The van der Waals surface area contributed by atoms with Crippen molar-refractivity contribution in [1.29, 1.82) is 0 Å². The van der Waals surface area contributed by atoms with E-state index in [0.717, 1.165) is 0 Å². The molecule has 0 bridgehead atoms. The molecule has 0 nitrogen and oxygen atoms in total. The van der Waals surface area contributed by atoms with Crippen LogP contribution in [0.15, 0.2) is 212 Å². The molecule has 0 radical (unpaired) electrons. The Balaban J connectivity index is 0.000000162. The highest BCUT2D eigenvalue weighted by Crippen LogP contribution is 2.53. The van der Waals surface area contributed by atoms with Crippen LogP contribution in [0, 0.1) is 0 Å². The van der Waals surface area contributed by atoms with Crippen LogP contribution in [0.2, 0.25) is 0 Å². The van der Waals surface area contributed by atoms with Crippen LogP contribution in [0.25, 0.3) is 0 Å². The number of hydrogen-bond donors (Lipinski definition) is 0. The highest BCUT2D eigenvalue weighted by atomic mass is 31.2. The Morgan fingerprint density at radius 2 is 0.409 bits per heavy atom. The molecule has 0 aliphatic heterocycles. The molecule has 7 rings (SSSR count). The molecule has 210 valence electrons. The summed E-state index contributed by atoms with van der Waals surface area (Å²) in [5, 5.41) is 5.55. The van der Waals surface area contributed by atoms with E-state index in [0.29, 0.717) is 6.71 Å². The Morgan fingerprint density at radius 1 is 0.227 bits per heavy atom. The van der Waals surface area contributed by atoms with Crippen LogP contribution in [-0.4, -0.2) is 6.71 Å². The molecular weight excluding hydrogens is 546 g/mol. The third kappa shape index (κ3) is 6.35. The SMILES string of the molecule is c1ccc(B(c2ccccc2)c2ccccc2)cc1.c1ccc([P+](c2ccccc2)(c2ccccc2)c2ccccc2)cc1. The predicted molar refractivity (Wildman–Crippen MR) is 195 cm³/mol. The van der Waals surface area contributed by atoms with E-state index < -0.39 is 7.26 Å². The van der Waals surface area contributed by atoms with Gasteiger partial charge in [-0.3, -0.25) is 0 Å². The summed E-state index contributed by atoms with van der Waals surface area (Å²) >= 11 is 0. The maximum atomic E-state index is 2.28. The van der Waals surface area contributed by atoms with E-state index in [4.69, 9.17) is 0 Å². The first-order valence-corrected chi connectivity index (χ1v) is 16.9. The van der Waals surface area contributed by atoms with Crippen LogP contribution < -0.4 is 37.6 Å². The first-order chi connectivity index (χ1) is 21.9. The van der Waals surface area contributed by atoms with Crippen LogP contribution in [0.1, 0.15) is 0 Å². The molecule has 0 saturated heterocycles. The van der Waals surface area contributed by atoms with E-state index in [2.05, 4.69) is 212 Å². The summed E-state index contributed by atoms with van der Waals surface area (Å²) < 4.78 is 0. The predicted octanol–water partition coefficient (Wildman–Crippen LogP) is 6.51. The van der Waals surface area contributed by atoms with Crippen molar-refractivity contribution in [1.82, 2.24) is 0 Å². The van der Waals surface area contributed by atoms with Gasteiger partial charge in [0.2, 0.25) is 6.71 Å². The van der Waals surface area contributed by atoms with Gasteiger partial charge in [0.05, 0.1) is 0 Å². The molecule has 7 aromatic carbocycles. The smallest absolute Gasteiger partial charge is 0.0687 e. The molecule has 0 N–H and O–H groups in total. The molecule has 0 spiro atoms. The molecular formula is C42H35BP+. The van der Waals surface area contributed by atoms with Crippen molar-refractivity contribution >= 4 is 51.6 Å². The fourth-order valence-corrected chi connectivity index (χ4v) is 10.3. The average Bonchev–Trinajstić information content (AvgIpc) is 3.12. The van der Waals surface area contributed by atoms with Gasteiger partial charge in [-0.15, -0.1) is 0 Å². The zero-order valence-electron chi connectivity index (χ0n) is 24.7. The second kappa shape index (κ2) is 14.5. The summed E-state index contributed by atoms with van der Waals surface area (Å²) in [7, 11) is -1.91. The number of benzene rings is 7. The van der Waals surface area contributed by atoms with Gasteiger partial charge in [0, 0.05) is 0 Å². The zero-order valence-corrected chi connectivity index (χ0v) is 25.6. The topological polar surface area (TPSA) is 0 Å². The molecule has 0 heterocycles. The summed E-state index contributed by atoms with van der Waals surface area (Å²) in [6, 6.07) is 75.9. The van der Waals surface area contributed by atoms with Gasteiger partial charge in [0.25, 0.3) is 0 Å². The normalized spacial score (nSPS) is 10.7. The van der Waals surface area contributed by atoms with E-state index >= 15 is 0 Å². The Labute approximate surface area is 263 Å². The molecule has 0 aliphatic carbocycles. The minimum atomic E-state index is -1.91. The van der Waals surface area contributed by atoms with Crippen molar-refractivity contribution in [3.8, 4) is 0 Å². The average molecular weight is 582 g/mol. The van der Waals surface area contributed by atoms with E-state index in [1.165, 1.54) is 37.6 Å². The van der Waals surface area contributed by atoms with E-state index in [-0.39, 0.29) is 0 Å². The lowest BCUT2D eigenvalue weighted by Crippen LogP contribution is -2.51. The van der Waals surface area contributed by atoms with E-state index in [9.17, 15) is 0 Å². The van der Waals surface area contributed by atoms with Crippen molar-refractivity contribution in [3.63, 3.8) is 0 Å². The molecule has 0 saturated carbocycles. The molecule has 0 aliphatic rings. The minimum absolute atomic E-state index is 0.309. The fourth-order valence-electron chi connectivity index (χ4n) is 6.01. The first-order valence-electron chi connectivity index (χ1n) is 15.1. The Morgan fingerprint density at radius 3 is 0.614 bits per heavy atom. The van der Waals surface area contributed by atoms with Gasteiger partial charge >= 0.3 is 0 Å². The monoisotopic (exact) mass is 581 g/mol. The Hall–Kier alpha value is -4.97. The summed E-state index contributed by atoms with van der Waals surface area (Å²) in [6.45, 7) is 0.309. The minimum Gasteiger partial charge on any atom is -0.0687 e. The third-order valence-electron chi connectivity index (χ3n) is 7.97. The van der Waals surface area contributed by atoms with Gasteiger partial charge in [-0.05, 0) is 48.5 Å². The number of hydrogen-bond acceptors (Lipinski definition) is 0.